The number of likely N-dealkylation sites (N-methyl/N-ethyl adjacent to an activating group) is 1. The molecule has 9 heteroatoms. The van der Waals surface area contributed by atoms with Crippen molar-refractivity contribution in [3.05, 3.63) is 122 Å². The largest absolute Gasteiger partial charge is 0.545 e. The fourth-order valence-electron chi connectivity index (χ4n) is 8.17. The van der Waals surface area contributed by atoms with E-state index in [-0.39, 0.29) is 38.6 Å². The van der Waals surface area contributed by atoms with Crippen LogP contribution in [0.25, 0.3) is 0 Å². The molecule has 2 atom stereocenters. The Morgan fingerprint density at radius 3 is 1.09 bits per heavy atom. The molecule has 0 bridgehead atoms. The van der Waals surface area contributed by atoms with Gasteiger partial charge in [0.15, 0.2) is 12.4 Å². The zero-order chi connectivity index (χ0) is 56.9. The number of hydrogen-bond acceptors (Lipinski definition) is 8. The summed E-state index contributed by atoms with van der Waals surface area (Å²) in [6.07, 6.45) is 79.7. The van der Waals surface area contributed by atoms with Crippen LogP contribution in [0.15, 0.2) is 122 Å². The summed E-state index contributed by atoms with van der Waals surface area (Å²) in [5.41, 5.74) is 0. The molecule has 444 valence electrons. The van der Waals surface area contributed by atoms with Crippen molar-refractivity contribution in [1.82, 2.24) is 0 Å². The number of carboxylic acids is 1. The summed E-state index contributed by atoms with van der Waals surface area (Å²) in [5, 5.41) is 11.8. The van der Waals surface area contributed by atoms with Crippen molar-refractivity contribution >= 4 is 17.9 Å². The maximum absolute atomic E-state index is 12.9. The number of rotatable bonds is 56. The molecule has 0 spiro atoms. The summed E-state index contributed by atoms with van der Waals surface area (Å²) in [6, 6.07) is 0. The SMILES string of the molecule is CC/C=C\C/C=C\C/C=C\C/C=C\C/C=C\C/C=C\C/C=C\C/C=C\CCCCCCCCCCCCCCC(=O)OC(COC(=O)CCCCCCC/C=C\C/C=C\CCCCCC)COC(OCC[N+](C)(C)C)C(=O)[O-]. The van der Waals surface area contributed by atoms with E-state index in [0.717, 1.165) is 116 Å². The summed E-state index contributed by atoms with van der Waals surface area (Å²) < 4.78 is 22.7. The van der Waals surface area contributed by atoms with Crippen molar-refractivity contribution in [3.63, 3.8) is 0 Å². The molecule has 0 aromatic heterocycles. The third-order valence-electron chi connectivity index (χ3n) is 12.9. The molecule has 0 amide bonds. The average Bonchev–Trinajstić information content (AvgIpc) is 3.41. The first-order chi connectivity index (χ1) is 38.1. The average molecular weight is 1090 g/mol. The van der Waals surface area contributed by atoms with Gasteiger partial charge >= 0.3 is 11.9 Å². The number of esters is 2. The van der Waals surface area contributed by atoms with Crippen LogP contribution in [0.5, 0.6) is 0 Å². The fourth-order valence-corrected chi connectivity index (χ4v) is 8.17. The third kappa shape index (κ3) is 59.4. The first kappa shape index (κ1) is 73.7. The van der Waals surface area contributed by atoms with Gasteiger partial charge in [0.25, 0.3) is 0 Å². The number of unbranched alkanes of at least 4 members (excludes halogenated alkanes) is 21. The number of carbonyl (C=O) groups is 3. The van der Waals surface area contributed by atoms with Crippen LogP contribution in [0, 0.1) is 0 Å². The fraction of sp³-hybridized carbons (Fsp3) is 0.667. The molecular weight excluding hydrogens is 971 g/mol. The molecule has 0 fully saturated rings. The summed E-state index contributed by atoms with van der Waals surface area (Å²) in [5.74, 6) is -2.31. The van der Waals surface area contributed by atoms with Crippen LogP contribution in [0.4, 0.5) is 0 Å². The monoisotopic (exact) mass is 1090 g/mol. The van der Waals surface area contributed by atoms with Gasteiger partial charge in [0.2, 0.25) is 0 Å². The lowest BCUT2D eigenvalue weighted by atomic mass is 10.0. The third-order valence-corrected chi connectivity index (χ3v) is 12.9. The zero-order valence-corrected chi connectivity index (χ0v) is 50.5. The van der Waals surface area contributed by atoms with E-state index in [4.69, 9.17) is 18.9 Å². The number of ether oxygens (including phenoxy) is 4. The summed E-state index contributed by atoms with van der Waals surface area (Å²) in [6.45, 7) is 4.59. The van der Waals surface area contributed by atoms with Crippen molar-refractivity contribution in [2.45, 2.75) is 251 Å². The van der Waals surface area contributed by atoms with Crippen molar-refractivity contribution in [1.29, 1.82) is 0 Å². The van der Waals surface area contributed by atoms with Gasteiger partial charge in [-0.2, -0.15) is 0 Å². The van der Waals surface area contributed by atoms with Crippen molar-refractivity contribution < 1.29 is 42.9 Å². The molecule has 0 N–H and O–H groups in total. The second kappa shape index (κ2) is 58.8. The summed E-state index contributed by atoms with van der Waals surface area (Å²) >= 11 is 0. The standard InChI is InChI=1S/C69H115NO8/c1-6-8-10-12-14-16-18-20-22-24-25-26-27-28-29-30-31-32-33-34-35-36-37-38-39-40-41-42-43-44-46-48-50-52-54-56-58-60-67(72)78-65(64-77-69(68(73)74)75-62-61-70(3,4)5)63-76-66(71)59-57-55-53-51-49-47-45-23-21-19-17-15-13-11-9-7-2/h8,10,14,16-17,19-20,22-23,25-26,28-29,31-32,34-35,37-38,45,65,69H,6-7,9,11-13,15,18,21,24,27,30,33,36,39-44,46-64H2,1-5H3/b10-8-,16-14-,19-17-,22-20-,26-25-,29-28-,32-31-,35-34-,38-37-,45-23-. The van der Waals surface area contributed by atoms with Crippen LogP contribution < -0.4 is 5.11 Å². The molecule has 0 saturated carbocycles. The topological polar surface area (TPSA) is 111 Å². The van der Waals surface area contributed by atoms with Gasteiger partial charge in [0.1, 0.15) is 13.2 Å². The molecule has 0 heterocycles. The Kier molecular flexibility index (Phi) is 55.6. The van der Waals surface area contributed by atoms with Crippen LogP contribution in [-0.4, -0.2) is 82.3 Å². The Morgan fingerprint density at radius 2 is 0.731 bits per heavy atom. The first-order valence-corrected chi connectivity index (χ1v) is 31.2. The quantitative estimate of drug-likeness (QED) is 0.0195. The number of nitrogens with zero attached hydrogens (tertiary/aromatic N) is 1. The predicted molar refractivity (Wildman–Crippen MR) is 329 cm³/mol. The summed E-state index contributed by atoms with van der Waals surface area (Å²) in [7, 11) is 5.91. The van der Waals surface area contributed by atoms with E-state index in [0.29, 0.717) is 17.4 Å². The Bertz CT molecular complexity index is 1690. The van der Waals surface area contributed by atoms with Crippen LogP contribution in [0.3, 0.4) is 0 Å². The van der Waals surface area contributed by atoms with Gasteiger partial charge in [0, 0.05) is 12.8 Å². The van der Waals surface area contributed by atoms with Crippen LogP contribution >= 0.6 is 0 Å². The molecule has 0 aromatic rings. The van der Waals surface area contributed by atoms with Crippen molar-refractivity contribution in [3.8, 4) is 0 Å². The van der Waals surface area contributed by atoms with Gasteiger partial charge in [-0.05, 0) is 109 Å². The number of carboxylic acid groups (broad SMARTS) is 1. The number of allylic oxidation sites excluding steroid dienone is 20. The van der Waals surface area contributed by atoms with E-state index < -0.39 is 24.3 Å². The molecule has 0 radical (unpaired) electrons. The highest BCUT2D eigenvalue weighted by Crippen LogP contribution is 2.15. The predicted octanol–water partition coefficient (Wildman–Crippen LogP) is 17.5. The van der Waals surface area contributed by atoms with Gasteiger partial charge in [-0.1, -0.05) is 238 Å². The number of carbonyl (C=O) groups excluding carboxylic acids is 3. The minimum absolute atomic E-state index is 0.140. The molecule has 0 aliphatic heterocycles. The molecule has 0 rings (SSSR count). The van der Waals surface area contributed by atoms with Crippen LogP contribution in [-0.2, 0) is 33.3 Å². The molecular formula is C69H115NO8. The van der Waals surface area contributed by atoms with Gasteiger partial charge in [0.05, 0.1) is 40.3 Å². The van der Waals surface area contributed by atoms with Gasteiger partial charge in [-0.15, -0.1) is 0 Å². The van der Waals surface area contributed by atoms with E-state index in [1.165, 1.54) is 89.9 Å². The Hall–Kier alpha value is -4.31. The summed E-state index contributed by atoms with van der Waals surface area (Å²) in [4.78, 5) is 37.3. The van der Waals surface area contributed by atoms with Crippen molar-refractivity contribution in [2.75, 3.05) is 47.5 Å². The molecule has 78 heavy (non-hydrogen) atoms. The second-order valence-electron chi connectivity index (χ2n) is 21.6. The number of quaternary nitrogens is 1. The van der Waals surface area contributed by atoms with Gasteiger partial charge < -0.3 is 33.3 Å². The van der Waals surface area contributed by atoms with E-state index in [1.54, 1.807) is 0 Å². The van der Waals surface area contributed by atoms with E-state index >= 15 is 0 Å². The second-order valence-corrected chi connectivity index (χ2v) is 21.6. The van der Waals surface area contributed by atoms with E-state index in [1.807, 2.05) is 21.1 Å². The van der Waals surface area contributed by atoms with Crippen LogP contribution in [0.1, 0.15) is 239 Å². The molecule has 9 nitrogen and oxygen atoms in total. The lowest BCUT2D eigenvalue weighted by molar-refractivity contribution is -0.870. The zero-order valence-electron chi connectivity index (χ0n) is 50.5. The van der Waals surface area contributed by atoms with Crippen LogP contribution in [0.2, 0.25) is 0 Å². The van der Waals surface area contributed by atoms with E-state index in [9.17, 15) is 19.5 Å². The Labute approximate surface area is 478 Å². The number of hydrogen-bond donors (Lipinski definition) is 0. The highest BCUT2D eigenvalue weighted by Gasteiger charge is 2.22. The smallest absolute Gasteiger partial charge is 0.306 e. The Morgan fingerprint density at radius 1 is 0.397 bits per heavy atom. The van der Waals surface area contributed by atoms with Gasteiger partial charge in [-0.25, -0.2) is 0 Å². The normalized spacial score (nSPS) is 13.6. The lowest BCUT2D eigenvalue weighted by Crippen LogP contribution is -2.44. The molecule has 0 saturated heterocycles. The molecule has 0 aromatic carbocycles. The minimum Gasteiger partial charge on any atom is -0.545 e. The number of aliphatic carboxylic acids is 1. The minimum atomic E-state index is -1.63. The molecule has 2 unspecified atom stereocenters. The van der Waals surface area contributed by atoms with Crippen molar-refractivity contribution in [2.24, 2.45) is 0 Å². The highest BCUT2D eigenvalue weighted by molar-refractivity contribution is 5.70. The van der Waals surface area contributed by atoms with Gasteiger partial charge in [-0.3, -0.25) is 9.59 Å². The Balaban J connectivity index is 4.16. The molecule has 0 aliphatic carbocycles. The van der Waals surface area contributed by atoms with E-state index in [2.05, 4.69) is 135 Å². The maximum atomic E-state index is 12.9. The maximum Gasteiger partial charge on any atom is 0.306 e. The molecule has 0 aliphatic rings. The highest BCUT2D eigenvalue weighted by atomic mass is 16.7. The lowest BCUT2D eigenvalue weighted by Gasteiger charge is -2.26. The first-order valence-electron chi connectivity index (χ1n) is 31.2.